The largest absolute Gasteiger partial charge is 0.511 e. The van der Waals surface area contributed by atoms with Gasteiger partial charge in [-0.15, -0.1) is 0 Å². The number of hydrogen-bond acceptors (Lipinski definition) is 4. The van der Waals surface area contributed by atoms with Gasteiger partial charge in [0.05, 0.1) is 5.57 Å². The molecule has 0 saturated heterocycles. The van der Waals surface area contributed by atoms with E-state index in [4.69, 9.17) is 4.74 Å². The number of benzene rings is 2. The van der Waals surface area contributed by atoms with Crippen LogP contribution in [0, 0.1) is 0 Å². The van der Waals surface area contributed by atoms with E-state index in [0.29, 0.717) is 13.0 Å². The molecule has 0 spiro atoms. The van der Waals surface area contributed by atoms with E-state index < -0.39 is 0 Å². The second-order valence-electron chi connectivity index (χ2n) is 6.47. The summed E-state index contributed by atoms with van der Waals surface area (Å²) in [4.78, 5) is 24.5. The standard InChI is InChI=1S/C22H22O4/c1-2-19(23)22-20(24)12-17(13-21(22)25)16-8-10-18(11-9-16)26-14-15-6-4-3-5-7-15/h3-11,17,23H,2,12-14H2,1H3. The molecule has 2 aromatic carbocycles. The van der Waals surface area contributed by atoms with Gasteiger partial charge in [0, 0.05) is 19.3 Å². The van der Waals surface area contributed by atoms with Crippen LogP contribution in [0.4, 0.5) is 0 Å². The minimum atomic E-state index is -0.269. The first-order valence-electron chi connectivity index (χ1n) is 8.83. The minimum Gasteiger partial charge on any atom is -0.511 e. The predicted molar refractivity (Wildman–Crippen MR) is 99.2 cm³/mol. The number of aliphatic hydroxyl groups is 1. The summed E-state index contributed by atoms with van der Waals surface area (Å²) in [7, 11) is 0. The molecular formula is C22H22O4. The number of allylic oxidation sites excluding steroid dienone is 2. The van der Waals surface area contributed by atoms with E-state index in [-0.39, 0.29) is 41.7 Å². The van der Waals surface area contributed by atoms with Crippen LogP contribution in [-0.4, -0.2) is 16.7 Å². The lowest BCUT2D eigenvalue weighted by Gasteiger charge is -2.23. The van der Waals surface area contributed by atoms with Crippen LogP contribution in [0.15, 0.2) is 65.9 Å². The lowest BCUT2D eigenvalue weighted by Crippen LogP contribution is -2.26. The molecule has 1 saturated carbocycles. The number of hydrogen-bond donors (Lipinski definition) is 1. The van der Waals surface area contributed by atoms with Gasteiger partial charge < -0.3 is 9.84 Å². The first-order valence-corrected chi connectivity index (χ1v) is 8.83. The highest BCUT2D eigenvalue weighted by atomic mass is 16.5. The number of Topliss-reactive ketones (excluding diaryl/α,β-unsaturated/α-hetero) is 2. The number of ketones is 2. The quantitative estimate of drug-likeness (QED) is 0.490. The van der Waals surface area contributed by atoms with Gasteiger partial charge in [-0.1, -0.05) is 49.4 Å². The smallest absolute Gasteiger partial charge is 0.170 e. The zero-order valence-corrected chi connectivity index (χ0v) is 14.8. The van der Waals surface area contributed by atoms with Crippen molar-refractivity contribution in [2.24, 2.45) is 0 Å². The van der Waals surface area contributed by atoms with Gasteiger partial charge in [-0.25, -0.2) is 0 Å². The fourth-order valence-electron chi connectivity index (χ4n) is 3.19. The van der Waals surface area contributed by atoms with Gasteiger partial charge in [-0.3, -0.25) is 9.59 Å². The number of rotatable bonds is 5. The molecule has 1 N–H and O–H groups in total. The number of aliphatic hydroxyl groups excluding tert-OH is 1. The normalized spacial score (nSPS) is 17.3. The fraction of sp³-hybridized carbons (Fsp3) is 0.273. The summed E-state index contributed by atoms with van der Waals surface area (Å²) in [5, 5.41) is 9.79. The van der Waals surface area contributed by atoms with Crippen molar-refractivity contribution in [3.63, 3.8) is 0 Å². The molecule has 0 aliphatic heterocycles. The minimum absolute atomic E-state index is 0.00781. The third-order valence-electron chi connectivity index (χ3n) is 4.64. The molecule has 0 atom stereocenters. The number of ether oxygens (including phenoxy) is 1. The molecule has 4 nitrogen and oxygen atoms in total. The van der Waals surface area contributed by atoms with Crippen LogP contribution in [0.2, 0.25) is 0 Å². The van der Waals surface area contributed by atoms with E-state index >= 15 is 0 Å². The average Bonchev–Trinajstić information content (AvgIpc) is 2.67. The van der Waals surface area contributed by atoms with Gasteiger partial charge in [-0.2, -0.15) is 0 Å². The number of carbonyl (C=O) groups is 2. The van der Waals surface area contributed by atoms with E-state index in [1.807, 2.05) is 54.6 Å². The second kappa shape index (κ2) is 8.00. The molecule has 0 bridgehead atoms. The molecule has 0 amide bonds. The topological polar surface area (TPSA) is 63.6 Å². The second-order valence-corrected chi connectivity index (χ2v) is 6.47. The highest BCUT2D eigenvalue weighted by molar-refractivity contribution is 6.22. The maximum absolute atomic E-state index is 12.3. The summed E-state index contributed by atoms with van der Waals surface area (Å²) in [6.07, 6.45) is 0.787. The Hall–Kier alpha value is -2.88. The van der Waals surface area contributed by atoms with Crippen molar-refractivity contribution in [2.45, 2.75) is 38.7 Å². The monoisotopic (exact) mass is 350 g/mol. The first kappa shape index (κ1) is 17.9. The van der Waals surface area contributed by atoms with Gasteiger partial charge in [0.15, 0.2) is 11.6 Å². The van der Waals surface area contributed by atoms with Crippen LogP contribution in [0.1, 0.15) is 43.2 Å². The lowest BCUT2D eigenvalue weighted by molar-refractivity contribution is -0.124. The van der Waals surface area contributed by atoms with Crippen LogP contribution >= 0.6 is 0 Å². The van der Waals surface area contributed by atoms with Crippen molar-refractivity contribution in [3.8, 4) is 5.75 Å². The Morgan fingerprint density at radius 3 is 2.19 bits per heavy atom. The van der Waals surface area contributed by atoms with Crippen LogP contribution in [0.3, 0.4) is 0 Å². The summed E-state index contributed by atoms with van der Waals surface area (Å²) < 4.78 is 5.77. The Labute approximate surface area is 153 Å². The number of carbonyl (C=O) groups excluding carboxylic acids is 2. The van der Waals surface area contributed by atoms with E-state index in [0.717, 1.165) is 16.9 Å². The third kappa shape index (κ3) is 4.02. The highest BCUT2D eigenvalue weighted by Gasteiger charge is 2.33. The Morgan fingerprint density at radius 2 is 1.62 bits per heavy atom. The van der Waals surface area contributed by atoms with Crippen molar-refractivity contribution in [3.05, 3.63) is 77.1 Å². The molecule has 1 aliphatic carbocycles. The van der Waals surface area contributed by atoms with Crippen LogP contribution in [-0.2, 0) is 16.2 Å². The fourth-order valence-corrected chi connectivity index (χ4v) is 3.19. The molecule has 2 aromatic rings. The average molecular weight is 350 g/mol. The van der Waals surface area contributed by atoms with Crippen molar-refractivity contribution in [1.29, 1.82) is 0 Å². The molecule has 0 aromatic heterocycles. The molecule has 134 valence electrons. The Morgan fingerprint density at radius 1 is 1.00 bits per heavy atom. The summed E-state index contributed by atoms with van der Waals surface area (Å²) in [5.41, 5.74) is 2.02. The molecule has 4 heteroatoms. The zero-order chi connectivity index (χ0) is 18.5. The van der Waals surface area contributed by atoms with Crippen LogP contribution in [0.25, 0.3) is 0 Å². The zero-order valence-electron chi connectivity index (χ0n) is 14.8. The predicted octanol–water partition coefficient (Wildman–Crippen LogP) is 4.50. The van der Waals surface area contributed by atoms with E-state index in [1.165, 1.54) is 0 Å². The summed E-state index contributed by atoms with van der Waals surface area (Å²) in [6.45, 7) is 2.22. The summed E-state index contributed by atoms with van der Waals surface area (Å²) in [5.74, 6) is -0.0324. The van der Waals surface area contributed by atoms with E-state index in [9.17, 15) is 14.7 Å². The van der Waals surface area contributed by atoms with Gasteiger partial charge in [0.1, 0.15) is 18.1 Å². The maximum Gasteiger partial charge on any atom is 0.170 e. The molecular weight excluding hydrogens is 328 g/mol. The van der Waals surface area contributed by atoms with Crippen molar-refractivity contribution in [1.82, 2.24) is 0 Å². The molecule has 0 unspecified atom stereocenters. The van der Waals surface area contributed by atoms with Crippen LogP contribution < -0.4 is 4.74 Å². The molecule has 3 rings (SSSR count). The Bertz CT molecular complexity index is 799. The first-order chi connectivity index (χ1) is 12.6. The van der Waals surface area contributed by atoms with Crippen molar-refractivity contribution >= 4 is 11.6 Å². The SMILES string of the molecule is CCC(O)=C1C(=O)CC(c2ccc(OCc3ccccc3)cc2)CC1=O. The molecule has 0 radical (unpaired) electrons. The Kier molecular flexibility index (Phi) is 5.52. The molecule has 26 heavy (non-hydrogen) atoms. The van der Waals surface area contributed by atoms with Crippen LogP contribution in [0.5, 0.6) is 5.75 Å². The maximum atomic E-state index is 12.3. The molecule has 1 fully saturated rings. The van der Waals surface area contributed by atoms with Crippen molar-refractivity contribution in [2.75, 3.05) is 0 Å². The van der Waals surface area contributed by atoms with E-state index in [1.54, 1.807) is 6.92 Å². The van der Waals surface area contributed by atoms with Gasteiger partial charge in [0.25, 0.3) is 0 Å². The van der Waals surface area contributed by atoms with Gasteiger partial charge >= 0.3 is 0 Å². The Balaban J connectivity index is 1.66. The molecule has 0 heterocycles. The highest BCUT2D eigenvalue weighted by Crippen LogP contribution is 2.33. The van der Waals surface area contributed by atoms with Crippen molar-refractivity contribution < 1.29 is 19.4 Å². The summed E-state index contributed by atoms with van der Waals surface area (Å²) >= 11 is 0. The summed E-state index contributed by atoms with van der Waals surface area (Å²) in [6, 6.07) is 17.4. The molecule has 1 aliphatic rings. The lowest BCUT2D eigenvalue weighted by atomic mass is 9.79. The third-order valence-corrected chi connectivity index (χ3v) is 4.64. The van der Waals surface area contributed by atoms with E-state index in [2.05, 4.69) is 0 Å². The van der Waals surface area contributed by atoms with Gasteiger partial charge in [0.2, 0.25) is 0 Å². The van der Waals surface area contributed by atoms with Gasteiger partial charge in [-0.05, 0) is 29.2 Å².